The molecule has 0 heteroatoms. The van der Waals surface area contributed by atoms with E-state index in [1.807, 2.05) is 0 Å². The summed E-state index contributed by atoms with van der Waals surface area (Å²) in [6.07, 6.45) is 21.7. The van der Waals surface area contributed by atoms with Crippen LogP contribution < -0.4 is 0 Å². The minimum absolute atomic E-state index is 1.01. The van der Waals surface area contributed by atoms with Crippen LogP contribution in [-0.2, 0) is 0 Å². The van der Waals surface area contributed by atoms with Crippen molar-refractivity contribution in [1.82, 2.24) is 0 Å². The molecule has 0 aromatic carbocycles. The summed E-state index contributed by atoms with van der Waals surface area (Å²) in [4.78, 5) is 0. The van der Waals surface area contributed by atoms with Gasteiger partial charge in [-0.15, -0.1) is 0 Å². The molecule has 0 aromatic rings. The Morgan fingerprint density at radius 2 is 0.857 bits per heavy atom. The maximum atomic E-state index is 2.41. The second-order valence-electron chi connectivity index (χ2n) is 7.19. The third-order valence-corrected chi connectivity index (χ3v) is 5.25. The van der Waals surface area contributed by atoms with E-state index in [2.05, 4.69) is 27.7 Å². The van der Waals surface area contributed by atoms with Crippen molar-refractivity contribution >= 4 is 0 Å². The first-order chi connectivity index (χ1) is 10.3. The fourth-order valence-electron chi connectivity index (χ4n) is 3.52. The molecule has 2 unspecified atom stereocenters. The molecule has 0 rings (SSSR count). The van der Waals surface area contributed by atoms with Gasteiger partial charge in [-0.3, -0.25) is 0 Å². The van der Waals surface area contributed by atoms with E-state index in [1.54, 1.807) is 0 Å². The Morgan fingerprint density at radius 3 is 1.19 bits per heavy atom. The third kappa shape index (κ3) is 13.4. The average Bonchev–Trinajstić information content (AvgIpc) is 2.51. The molecule has 0 saturated carbocycles. The first-order valence-corrected chi connectivity index (χ1v) is 10.3. The number of rotatable bonds is 16. The van der Waals surface area contributed by atoms with Crippen LogP contribution in [0.15, 0.2) is 0 Å². The lowest BCUT2D eigenvalue weighted by Gasteiger charge is -2.22. The lowest BCUT2D eigenvalue weighted by molar-refractivity contribution is 0.307. The molecule has 0 aliphatic heterocycles. The molecule has 128 valence electrons. The molecule has 0 bridgehead atoms. The summed E-state index contributed by atoms with van der Waals surface area (Å²) < 4.78 is 0. The molecule has 0 nitrogen and oxygen atoms in total. The molecule has 0 fully saturated rings. The second-order valence-corrected chi connectivity index (χ2v) is 7.19. The fourth-order valence-corrected chi connectivity index (χ4v) is 3.52. The van der Waals surface area contributed by atoms with Crippen LogP contribution in [0.5, 0.6) is 0 Å². The molecule has 0 N–H and O–H groups in total. The van der Waals surface area contributed by atoms with Crippen LogP contribution in [0.4, 0.5) is 0 Å². The van der Waals surface area contributed by atoms with Crippen LogP contribution in [0.3, 0.4) is 0 Å². The van der Waals surface area contributed by atoms with Gasteiger partial charge in [0.2, 0.25) is 0 Å². The smallest absolute Gasteiger partial charge is 0.0414 e. The van der Waals surface area contributed by atoms with Crippen molar-refractivity contribution in [1.29, 1.82) is 0 Å². The van der Waals surface area contributed by atoms with Gasteiger partial charge in [-0.2, -0.15) is 0 Å². The van der Waals surface area contributed by atoms with Crippen LogP contribution in [-0.4, -0.2) is 0 Å². The molecule has 0 radical (unpaired) electrons. The zero-order chi connectivity index (χ0) is 15.8. The van der Waals surface area contributed by atoms with E-state index in [0.717, 1.165) is 11.8 Å². The lowest BCUT2D eigenvalue weighted by Crippen LogP contribution is -2.08. The van der Waals surface area contributed by atoms with Gasteiger partial charge in [-0.1, -0.05) is 118 Å². The Morgan fingerprint density at radius 1 is 0.476 bits per heavy atom. The van der Waals surface area contributed by atoms with Crippen molar-refractivity contribution < 1.29 is 0 Å². The van der Waals surface area contributed by atoms with Crippen molar-refractivity contribution in [2.24, 2.45) is 11.8 Å². The van der Waals surface area contributed by atoms with Crippen LogP contribution in [0.25, 0.3) is 0 Å². The number of unbranched alkanes of at least 4 members (excludes halogenated alkanes) is 8. The monoisotopic (exact) mass is 296 g/mol. The summed E-state index contributed by atoms with van der Waals surface area (Å²) in [6, 6.07) is 0. The van der Waals surface area contributed by atoms with Gasteiger partial charge in [0.05, 0.1) is 0 Å². The van der Waals surface area contributed by atoms with E-state index >= 15 is 0 Å². The highest BCUT2D eigenvalue weighted by molar-refractivity contribution is 4.66. The van der Waals surface area contributed by atoms with Gasteiger partial charge in [0.1, 0.15) is 0 Å². The van der Waals surface area contributed by atoms with Crippen LogP contribution in [0, 0.1) is 11.8 Å². The lowest BCUT2D eigenvalue weighted by atomic mass is 9.84. The second kappa shape index (κ2) is 16.4. The van der Waals surface area contributed by atoms with Crippen molar-refractivity contribution in [3.8, 4) is 0 Å². The molecular weight excluding hydrogens is 252 g/mol. The van der Waals surface area contributed by atoms with Crippen LogP contribution >= 0.6 is 0 Å². The normalized spacial score (nSPS) is 14.3. The SMILES string of the molecule is CCCCCCCC(CC)CC(CC)CCCCCCC. The van der Waals surface area contributed by atoms with E-state index in [1.165, 1.54) is 96.3 Å². The highest BCUT2D eigenvalue weighted by Gasteiger charge is 2.13. The fraction of sp³-hybridized carbons (Fsp3) is 1.00. The van der Waals surface area contributed by atoms with Gasteiger partial charge < -0.3 is 0 Å². The highest BCUT2D eigenvalue weighted by atomic mass is 14.2. The molecule has 0 amide bonds. The summed E-state index contributed by atoms with van der Waals surface area (Å²) in [7, 11) is 0. The van der Waals surface area contributed by atoms with E-state index in [4.69, 9.17) is 0 Å². The van der Waals surface area contributed by atoms with Crippen molar-refractivity contribution in [2.45, 2.75) is 124 Å². The third-order valence-electron chi connectivity index (χ3n) is 5.25. The van der Waals surface area contributed by atoms with E-state index < -0.39 is 0 Å². The Kier molecular flexibility index (Phi) is 16.4. The molecule has 0 heterocycles. The van der Waals surface area contributed by atoms with Crippen molar-refractivity contribution in [2.75, 3.05) is 0 Å². The summed E-state index contributed by atoms with van der Waals surface area (Å²) >= 11 is 0. The minimum Gasteiger partial charge on any atom is -0.0654 e. The number of hydrogen-bond acceptors (Lipinski definition) is 0. The van der Waals surface area contributed by atoms with Gasteiger partial charge in [0.25, 0.3) is 0 Å². The van der Waals surface area contributed by atoms with E-state index in [-0.39, 0.29) is 0 Å². The van der Waals surface area contributed by atoms with E-state index in [0.29, 0.717) is 0 Å². The zero-order valence-electron chi connectivity index (χ0n) is 15.8. The predicted molar refractivity (Wildman–Crippen MR) is 98.9 cm³/mol. The van der Waals surface area contributed by atoms with Gasteiger partial charge in [-0.25, -0.2) is 0 Å². The van der Waals surface area contributed by atoms with Crippen LogP contribution in [0.1, 0.15) is 124 Å². The van der Waals surface area contributed by atoms with Crippen molar-refractivity contribution in [3.05, 3.63) is 0 Å². The zero-order valence-corrected chi connectivity index (χ0v) is 15.8. The molecule has 0 aromatic heterocycles. The Labute approximate surface area is 136 Å². The molecule has 0 saturated heterocycles. The maximum Gasteiger partial charge on any atom is -0.0414 e. The summed E-state index contributed by atoms with van der Waals surface area (Å²) in [5.41, 5.74) is 0. The van der Waals surface area contributed by atoms with Gasteiger partial charge >= 0.3 is 0 Å². The number of hydrogen-bond donors (Lipinski definition) is 0. The Balaban J connectivity index is 3.73. The summed E-state index contributed by atoms with van der Waals surface area (Å²) in [5.74, 6) is 2.01. The van der Waals surface area contributed by atoms with E-state index in [9.17, 15) is 0 Å². The highest BCUT2D eigenvalue weighted by Crippen LogP contribution is 2.27. The molecule has 2 atom stereocenters. The molecule has 0 spiro atoms. The topological polar surface area (TPSA) is 0 Å². The summed E-state index contributed by atoms with van der Waals surface area (Å²) in [5, 5.41) is 0. The Hall–Kier alpha value is 0. The molecule has 21 heavy (non-hydrogen) atoms. The quantitative estimate of drug-likeness (QED) is 0.252. The summed E-state index contributed by atoms with van der Waals surface area (Å²) in [6.45, 7) is 9.43. The van der Waals surface area contributed by atoms with Crippen molar-refractivity contribution in [3.63, 3.8) is 0 Å². The predicted octanol–water partition coefficient (Wildman–Crippen LogP) is 8.15. The maximum absolute atomic E-state index is 2.41. The van der Waals surface area contributed by atoms with Gasteiger partial charge in [0.15, 0.2) is 0 Å². The first-order valence-electron chi connectivity index (χ1n) is 10.3. The standard InChI is InChI=1S/C21H44/c1-5-9-11-13-15-17-20(7-3)19-21(8-4)18-16-14-12-10-6-2/h20-21H,5-19H2,1-4H3. The minimum atomic E-state index is 1.01. The van der Waals surface area contributed by atoms with Gasteiger partial charge in [-0.05, 0) is 18.3 Å². The molecular formula is C21H44. The average molecular weight is 297 g/mol. The first kappa shape index (κ1) is 21.0. The Bertz CT molecular complexity index is 164. The molecule has 0 aliphatic carbocycles. The van der Waals surface area contributed by atoms with Crippen LogP contribution in [0.2, 0.25) is 0 Å². The largest absolute Gasteiger partial charge is 0.0654 e. The van der Waals surface area contributed by atoms with Gasteiger partial charge in [0, 0.05) is 0 Å². The molecule has 0 aliphatic rings.